The van der Waals surface area contributed by atoms with Crippen LogP contribution in [0.3, 0.4) is 0 Å². The summed E-state index contributed by atoms with van der Waals surface area (Å²) in [6, 6.07) is 19.8. The maximum absolute atomic E-state index is 12.4. The highest BCUT2D eigenvalue weighted by Crippen LogP contribution is 2.23. The van der Waals surface area contributed by atoms with Gasteiger partial charge in [-0.2, -0.15) is 0 Å². The van der Waals surface area contributed by atoms with Crippen molar-refractivity contribution >= 4 is 33.2 Å². The van der Waals surface area contributed by atoms with Gasteiger partial charge in [-0.25, -0.2) is 8.42 Å². The van der Waals surface area contributed by atoms with Gasteiger partial charge in [0.05, 0.1) is 18.5 Å². The molecule has 0 aliphatic heterocycles. The number of nitrogens with one attached hydrogen (secondary N) is 1. The Labute approximate surface area is 188 Å². The highest BCUT2D eigenvalue weighted by atomic mass is 35.5. The van der Waals surface area contributed by atoms with Crippen LogP contribution in [0.25, 0.3) is 0 Å². The third-order valence-corrected chi connectivity index (χ3v) is 6.48. The zero-order chi connectivity index (χ0) is 22.6. The average molecular weight is 457 g/mol. The molecule has 0 saturated carbocycles. The van der Waals surface area contributed by atoms with E-state index >= 15 is 0 Å². The third kappa shape index (κ3) is 6.09. The lowest BCUT2D eigenvalue weighted by molar-refractivity contribution is 0.0951. The number of nitrogens with zero attached hydrogens (tertiary/aromatic N) is 1. The fourth-order valence-corrected chi connectivity index (χ4v) is 4.10. The zero-order valence-electron chi connectivity index (χ0n) is 17.7. The lowest BCUT2D eigenvalue weighted by atomic mass is 10.1. The summed E-state index contributed by atoms with van der Waals surface area (Å²) in [6.07, 6.45) is 1.20. The highest BCUT2D eigenvalue weighted by molar-refractivity contribution is 7.92. The Balaban J connectivity index is 1.70. The molecule has 0 fully saturated rings. The molecule has 0 radical (unpaired) electrons. The number of amides is 1. The van der Waals surface area contributed by atoms with Crippen molar-refractivity contribution in [1.82, 2.24) is 5.32 Å². The minimum atomic E-state index is -3.47. The van der Waals surface area contributed by atoms with Gasteiger partial charge >= 0.3 is 0 Å². The van der Waals surface area contributed by atoms with Gasteiger partial charge in [-0.05, 0) is 72.5 Å². The second-order valence-electron chi connectivity index (χ2n) is 7.54. The van der Waals surface area contributed by atoms with E-state index < -0.39 is 10.0 Å². The molecule has 0 bridgehead atoms. The number of carbonyl (C=O) groups is 1. The molecule has 1 amide bonds. The monoisotopic (exact) mass is 456 g/mol. The zero-order valence-corrected chi connectivity index (χ0v) is 19.3. The van der Waals surface area contributed by atoms with Crippen LogP contribution in [0.1, 0.15) is 32.6 Å². The molecule has 3 aromatic carbocycles. The number of anilines is 1. The van der Waals surface area contributed by atoms with Crippen molar-refractivity contribution in [3.8, 4) is 0 Å². The molecular weight excluding hydrogens is 432 g/mol. The summed E-state index contributed by atoms with van der Waals surface area (Å²) in [4.78, 5) is 12.4. The van der Waals surface area contributed by atoms with E-state index in [0.717, 1.165) is 22.3 Å². The molecule has 7 heteroatoms. The summed E-state index contributed by atoms with van der Waals surface area (Å²) >= 11 is 5.87. The largest absolute Gasteiger partial charge is 0.348 e. The fraction of sp³-hybridized carbons (Fsp3) is 0.208. The minimum absolute atomic E-state index is 0.189. The number of aryl methyl sites for hydroxylation is 2. The van der Waals surface area contributed by atoms with Gasteiger partial charge in [0.15, 0.2) is 0 Å². The molecular formula is C24H25ClN2O3S. The topological polar surface area (TPSA) is 66.5 Å². The van der Waals surface area contributed by atoms with E-state index in [2.05, 4.69) is 5.32 Å². The molecule has 0 spiro atoms. The van der Waals surface area contributed by atoms with Gasteiger partial charge in [-0.15, -0.1) is 0 Å². The van der Waals surface area contributed by atoms with E-state index in [4.69, 9.17) is 11.6 Å². The van der Waals surface area contributed by atoms with E-state index in [9.17, 15) is 13.2 Å². The van der Waals surface area contributed by atoms with Crippen LogP contribution < -0.4 is 9.62 Å². The van der Waals surface area contributed by atoms with Crippen LogP contribution in [0.4, 0.5) is 5.69 Å². The molecule has 0 aliphatic carbocycles. The van der Waals surface area contributed by atoms with E-state index in [1.54, 1.807) is 36.4 Å². The van der Waals surface area contributed by atoms with Gasteiger partial charge in [-0.3, -0.25) is 9.10 Å². The van der Waals surface area contributed by atoms with Crippen LogP contribution in [0.15, 0.2) is 66.7 Å². The normalized spacial score (nSPS) is 11.2. The second-order valence-corrected chi connectivity index (χ2v) is 9.89. The van der Waals surface area contributed by atoms with Gasteiger partial charge < -0.3 is 5.32 Å². The van der Waals surface area contributed by atoms with Gasteiger partial charge in [0.2, 0.25) is 10.0 Å². The van der Waals surface area contributed by atoms with Gasteiger partial charge in [0, 0.05) is 17.1 Å². The van der Waals surface area contributed by atoms with E-state index in [0.29, 0.717) is 22.8 Å². The number of hydrogen-bond donors (Lipinski definition) is 1. The van der Waals surface area contributed by atoms with Crippen LogP contribution in [-0.4, -0.2) is 20.6 Å². The Morgan fingerprint density at radius 3 is 2.10 bits per heavy atom. The summed E-state index contributed by atoms with van der Waals surface area (Å²) in [5.74, 6) is -0.198. The number of halogens is 1. The molecule has 1 N–H and O–H groups in total. The SMILES string of the molecule is Cc1ccc(N(Cc2ccc(C(=O)NCc3ccc(Cl)cc3)cc2)S(C)(=O)=O)cc1C. The Hall–Kier alpha value is -2.83. The molecule has 31 heavy (non-hydrogen) atoms. The molecule has 0 saturated heterocycles. The summed E-state index contributed by atoms with van der Waals surface area (Å²) in [6.45, 7) is 4.53. The average Bonchev–Trinajstić information content (AvgIpc) is 2.73. The van der Waals surface area contributed by atoms with Crippen molar-refractivity contribution in [2.24, 2.45) is 0 Å². The van der Waals surface area contributed by atoms with Gasteiger partial charge in [0.25, 0.3) is 5.91 Å². The summed E-state index contributed by atoms with van der Waals surface area (Å²) in [5, 5.41) is 3.52. The Morgan fingerprint density at radius 2 is 1.52 bits per heavy atom. The second kappa shape index (κ2) is 9.54. The van der Waals surface area contributed by atoms with Crippen molar-refractivity contribution in [2.45, 2.75) is 26.9 Å². The predicted molar refractivity (Wildman–Crippen MR) is 126 cm³/mol. The summed E-state index contributed by atoms with van der Waals surface area (Å²) in [5.41, 5.74) is 5.00. The fourth-order valence-electron chi connectivity index (χ4n) is 3.09. The molecule has 0 aromatic heterocycles. The van der Waals surface area contributed by atoms with E-state index in [-0.39, 0.29) is 12.5 Å². The molecule has 0 atom stereocenters. The van der Waals surface area contributed by atoms with Crippen LogP contribution >= 0.6 is 11.6 Å². The lowest BCUT2D eigenvalue weighted by Crippen LogP contribution is -2.29. The van der Waals surface area contributed by atoms with E-state index in [1.165, 1.54) is 10.6 Å². The predicted octanol–water partition coefficient (Wildman–Crippen LogP) is 4.85. The first kappa shape index (κ1) is 22.8. The first-order valence-corrected chi connectivity index (χ1v) is 12.0. The Morgan fingerprint density at radius 1 is 0.903 bits per heavy atom. The van der Waals surface area contributed by atoms with Crippen LogP contribution in [0, 0.1) is 13.8 Å². The van der Waals surface area contributed by atoms with Crippen molar-refractivity contribution in [3.63, 3.8) is 0 Å². The Kier molecular flexibility index (Phi) is 7.03. The lowest BCUT2D eigenvalue weighted by Gasteiger charge is -2.23. The number of benzene rings is 3. The first-order valence-electron chi connectivity index (χ1n) is 9.80. The smallest absolute Gasteiger partial charge is 0.251 e. The maximum Gasteiger partial charge on any atom is 0.251 e. The van der Waals surface area contributed by atoms with Crippen LogP contribution in [0.2, 0.25) is 5.02 Å². The van der Waals surface area contributed by atoms with Crippen molar-refractivity contribution in [1.29, 1.82) is 0 Å². The molecule has 0 heterocycles. The van der Waals surface area contributed by atoms with Gasteiger partial charge in [-0.1, -0.05) is 41.9 Å². The van der Waals surface area contributed by atoms with Crippen molar-refractivity contribution in [2.75, 3.05) is 10.6 Å². The van der Waals surface area contributed by atoms with Crippen molar-refractivity contribution in [3.05, 3.63) is 99.6 Å². The minimum Gasteiger partial charge on any atom is -0.348 e. The van der Waals surface area contributed by atoms with Crippen LogP contribution in [0.5, 0.6) is 0 Å². The van der Waals surface area contributed by atoms with Crippen LogP contribution in [-0.2, 0) is 23.1 Å². The molecule has 3 rings (SSSR count). The summed E-state index contributed by atoms with van der Waals surface area (Å²) in [7, 11) is -3.47. The maximum atomic E-state index is 12.4. The number of carbonyl (C=O) groups excluding carboxylic acids is 1. The third-order valence-electron chi connectivity index (χ3n) is 5.09. The Bertz CT molecular complexity index is 1170. The number of sulfonamides is 1. The molecule has 162 valence electrons. The first-order chi connectivity index (χ1) is 14.6. The number of hydrogen-bond acceptors (Lipinski definition) is 3. The van der Waals surface area contributed by atoms with E-state index in [1.807, 2.05) is 44.2 Å². The quantitative estimate of drug-likeness (QED) is 0.552. The highest BCUT2D eigenvalue weighted by Gasteiger charge is 2.18. The molecule has 5 nitrogen and oxygen atoms in total. The van der Waals surface area contributed by atoms with Gasteiger partial charge in [0.1, 0.15) is 0 Å². The summed E-state index contributed by atoms with van der Waals surface area (Å²) < 4.78 is 26.2. The number of rotatable bonds is 7. The van der Waals surface area contributed by atoms with Crippen molar-refractivity contribution < 1.29 is 13.2 Å². The standard InChI is InChI=1S/C24H25ClN2O3S/c1-17-4-13-23(14-18(17)2)27(31(3,29)30)16-20-5-9-21(10-6-20)24(28)26-15-19-7-11-22(25)12-8-19/h4-14H,15-16H2,1-3H3,(H,26,28). The molecule has 3 aromatic rings. The molecule has 0 unspecified atom stereocenters. The molecule has 0 aliphatic rings.